The number of thioether (sulfide) groups is 1. The van der Waals surface area contributed by atoms with Gasteiger partial charge in [0.05, 0.1) is 0 Å². The van der Waals surface area contributed by atoms with Crippen molar-refractivity contribution >= 4 is 23.0 Å². The van der Waals surface area contributed by atoms with E-state index in [1.54, 1.807) is 24.3 Å². The molecule has 2 N–H and O–H groups in total. The Bertz CT molecular complexity index is 930. The van der Waals surface area contributed by atoms with Crippen LogP contribution in [0.1, 0.15) is 11.1 Å². The Labute approximate surface area is 173 Å². The molecule has 6 heteroatoms. The van der Waals surface area contributed by atoms with E-state index in [4.69, 9.17) is 4.74 Å². The van der Waals surface area contributed by atoms with Crippen molar-refractivity contribution < 1.29 is 19.4 Å². The molecule has 0 aliphatic heterocycles. The Kier molecular flexibility index (Phi) is 7.30. The van der Waals surface area contributed by atoms with E-state index in [1.807, 2.05) is 60.7 Å². The highest BCUT2D eigenvalue weighted by atomic mass is 32.2. The van der Waals surface area contributed by atoms with E-state index in [2.05, 4.69) is 5.32 Å². The Hall–Kier alpha value is -3.25. The number of phenolic OH excluding ortho intramolecular Hbond substituents is 1. The molecule has 0 aromatic heterocycles. The Morgan fingerprint density at radius 2 is 1.48 bits per heavy atom. The van der Waals surface area contributed by atoms with E-state index in [-0.39, 0.29) is 17.5 Å². The smallest absolute Gasteiger partial charge is 0.408 e. The van der Waals surface area contributed by atoms with Crippen LogP contribution in [0.15, 0.2) is 89.8 Å². The molecule has 0 heterocycles. The Balaban J connectivity index is 1.66. The molecular formula is C23H21NO4S. The van der Waals surface area contributed by atoms with Gasteiger partial charge in [-0.1, -0.05) is 60.7 Å². The Morgan fingerprint density at radius 3 is 2.14 bits per heavy atom. The molecule has 0 radical (unpaired) electrons. The van der Waals surface area contributed by atoms with Gasteiger partial charge in [0.1, 0.15) is 18.4 Å². The minimum Gasteiger partial charge on any atom is -0.508 e. The minimum atomic E-state index is -0.770. The lowest BCUT2D eigenvalue weighted by Crippen LogP contribution is -2.41. The first kappa shape index (κ1) is 20.5. The van der Waals surface area contributed by atoms with Crippen LogP contribution in [-0.2, 0) is 22.6 Å². The van der Waals surface area contributed by atoms with Crippen LogP contribution in [0.3, 0.4) is 0 Å². The molecule has 3 aromatic rings. The number of aromatic hydroxyl groups is 1. The summed E-state index contributed by atoms with van der Waals surface area (Å²) >= 11 is 1.07. The molecule has 0 aliphatic carbocycles. The van der Waals surface area contributed by atoms with E-state index in [9.17, 15) is 14.7 Å². The lowest BCUT2D eigenvalue weighted by atomic mass is 10.1. The van der Waals surface area contributed by atoms with Crippen LogP contribution >= 0.6 is 11.8 Å². The van der Waals surface area contributed by atoms with Crippen LogP contribution < -0.4 is 5.32 Å². The maximum absolute atomic E-state index is 12.8. The molecule has 1 atom stereocenters. The van der Waals surface area contributed by atoms with Gasteiger partial charge in [0, 0.05) is 11.3 Å². The number of hydrogen-bond donors (Lipinski definition) is 2. The number of ether oxygens (including phenoxy) is 1. The fraction of sp³-hybridized carbons (Fsp3) is 0.130. The summed E-state index contributed by atoms with van der Waals surface area (Å²) in [6.45, 7) is 0.124. The van der Waals surface area contributed by atoms with Crippen molar-refractivity contribution in [3.05, 3.63) is 96.1 Å². The van der Waals surface area contributed by atoms with E-state index in [0.717, 1.165) is 27.8 Å². The SMILES string of the molecule is O=C(N[C@@H](Cc1ccc(O)cc1)C(=O)Sc1ccccc1)OCc1ccccc1. The minimum absolute atomic E-state index is 0.124. The van der Waals surface area contributed by atoms with Gasteiger partial charge in [-0.3, -0.25) is 4.79 Å². The molecule has 1 amide bonds. The van der Waals surface area contributed by atoms with Gasteiger partial charge in [-0.2, -0.15) is 0 Å². The predicted octanol–water partition coefficient (Wildman–Crippen LogP) is 4.55. The number of hydrogen-bond acceptors (Lipinski definition) is 5. The number of phenols is 1. The van der Waals surface area contributed by atoms with Gasteiger partial charge in [0.25, 0.3) is 0 Å². The number of carbonyl (C=O) groups excluding carboxylic acids is 2. The van der Waals surface area contributed by atoms with Crippen LogP contribution in [0, 0.1) is 0 Å². The topological polar surface area (TPSA) is 75.6 Å². The monoisotopic (exact) mass is 407 g/mol. The molecule has 3 aromatic carbocycles. The van der Waals surface area contributed by atoms with Crippen molar-refractivity contribution in [3.8, 4) is 5.75 Å². The highest BCUT2D eigenvalue weighted by molar-refractivity contribution is 8.13. The third kappa shape index (κ3) is 6.69. The molecule has 0 spiro atoms. The van der Waals surface area contributed by atoms with E-state index < -0.39 is 12.1 Å². The van der Waals surface area contributed by atoms with Gasteiger partial charge < -0.3 is 15.2 Å². The fourth-order valence-corrected chi connectivity index (χ4v) is 3.45. The summed E-state index contributed by atoms with van der Waals surface area (Å²) in [6.07, 6.45) is -0.362. The maximum Gasteiger partial charge on any atom is 0.408 e. The molecule has 3 rings (SSSR count). The molecule has 0 unspecified atom stereocenters. The molecule has 29 heavy (non-hydrogen) atoms. The van der Waals surface area contributed by atoms with E-state index in [0.29, 0.717) is 6.42 Å². The second-order valence-corrected chi connectivity index (χ2v) is 7.44. The average molecular weight is 407 g/mol. The first-order valence-electron chi connectivity index (χ1n) is 9.12. The summed E-state index contributed by atoms with van der Waals surface area (Å²) in [5.74, 6) is 0.144. The first-order valence-corrected chi connectivity index (χ1v) is 9.93. The number of amides is 1. The van der Waals surface area contributed by atoms with Crippen molar-refractivity contribution in [1.82, 2.24) is 5.32 Å². The lowest BCUT2D eigenvalue weighted by molar-refractivity contribution is -0.112. The number of nitrogens with one attached hydrogen (secondary N) is 1. The van der Waals surface area contributed by atoms with Crippen molar-refractivity contribution in [1.29, 1.82) is 0 Å². The first-order chi connectivity index (χ1) is 14.1. The number of alkyl carbamates (subject to hydrolysis) is 1. The summed E-state index contributed by atoms with van der Waals surface area (Å²) in [7, 11) is 0. The van der Waals surface area contributed by atoms with Gasteiger partial charge in [-0.15, -0.1) is 0 Å². The van der Waals surface area contributed by atoms with Gasteiger partial charge in [-0.05, 0) is 47.2 Å². The van der Waals surface area contributed by atoms with Gasteiger partial charge >= 0.3 is 6.09 Å². The van der Waals surface area contributed by atoms with Gasteiger partial charge in [0.15, 0.2) is 0 Å². The zero-order valence-corrected chi connectivity index (χ0v) is 16.5. The summed E-state index contributed by atoms with van der Waals surface area (Å²) in [5.41, 5.74) is 1.68. The standard InChI is InChI=1S/C23H21NO4S/c25-19-13-11-17(12-14-19)15-21(22(26)29-20-9-5-2-6-10-20)24-23(27)28-16-18-7-3-1-4-8-18/h1-14,21,25H,15-16H2,(H,24,27)/t21-/m0/s1. The van der Waals surface area contributed by atoms with Crippen LogP contribution in [0.4, 0.5) is 4.79 Å². The summed E-state index contributed by atoms with van der Waals surface area (Å²) in [4.78, 5) is 25.9. The van der Waals surface area contributed by atoms with Crippen LogP contribution in [0.25, 0.3) is 0 Å². The van der Waals surface area contributed by atoms with Crippen molar-refractivity contribution in [2.75, 3.05) is 0 Å². The highest BCUT2D eigenvalue weighted by Crippen LogP contribution is 2.22. The molecular weight excluding hydrogens is 386 g/mol. The molecule has 0 saturated heterocycles. The van der Waals surface area contributed by atoms with E-state index >= 15 is 0 Å². The molecule has 5 nitrogen and oxygen atoms in total. The molecule has 0 aliphatic rings. The number of carbonyl (C=O) groups is 2. The van der Waals surface area contributed by atoms with Crippen molar-refractivity contribution in [2.45, 2.75) is 24.0 Å². The molecule has 0 fully saturated rings. The zero-order chi connectivity index (χ0) is 20.5. The predicted molar refractivity (Wildman–Crippen MR) is 113 cm³/mol. The maximum atomic E-state index is 12.8. The number of rotatable bonds is 7. The van der Waals surface area contributed by atoms with Gasteiger partial charge in [0.2, 0.25) is 5.12 Å². The molecule has 0 saturated carbocycles. The normalized spacial score (nSPS) is 11.4. The van der Waals surface area contributed by atoms with Crippen LogP contribution in [0.5, 0.6) is 5.75 Å². The second kappa shape index (κ2) is 10.3. The lowest BCUT2D eigenvalue weighted by Gasteiger charge is -2.17. The van der Waals surface area contributed by atoms with Crippen LogP contribution in [-0.4, -0.2) is 22.4 Å². The number of benzene rings is 3. The third-order valence-corrected chi connectivity index (χ3v) is 5.12. The quantitative estimate of drug-likeness (QED) is 0.562. The molecule has 148 valence electrons. The zero-order valence-electron chi connectivity index (χ0n) is 15.7. The van der Waals surface area contributed by atoms with Crippen molar-refractivity contribution in [3.63, 3.8) is 0 Å². The average Bonchev–Trinajstić information content (AvgIpc) is 2.75. The molecule has 0 bridgehead atoms. The third-order valence-electron chi connectivity index (χ3n) is 4.13. The van der Waals surface area contributed by atoms with Crippen LogP contribution in [0.2, 0.25) is 0 Å². The Morgan fingerprint density at radius 1 is 0.862 bits per heavy atom. The fourth-order valence-electron chi connectivity index (χ4n) is 2.64. The summed E-state index contributed by atoms with van der Waals surface area (Å²) in [5, 5.41) is 11.9. The van der Waals surface area contributed by atoms with E-state index in [1.165, 1.54) is 0 Å². The largest absolute Gasteiger partial charge is 0.508 e. The van der Waals surface area contributed by atoms with Crippen molar-refractivity contribution in [2.24, 2.45) is 0 Å². The second-order valence-electron chi connectivity index (χ2n) is 6.36. The summed E-state index contributed by atoms with van der Waals surface area (Å²) < 4.78 is 5.26. The summed E-state index contributed by atoms with van der Waals surface area (Å²) in [6, 6.07) is 24.4. The highest BCUT2D eigenvalue weighted by Gasteiger charge is 2.23. The van der Waals surface area contributed by atoms with Gasteiger partial charge in [-0.25, -0.2) is 4.79 Å².